The largest absolute Gasteiger partial charge is 0.507 e. The van der Waals surface area contributed by atoms with Gasteiger partial charge in [0, 0.05) is 12.1 Å². The van der Waals surface area contributed by atoms with Gasteiger partial charge in [0.1, 0.15) is 65.5 Å². The predicted molar refractivity (Wildman–Crippen MR) is 139 cm³/mol. The quantitative estimate of drug-likeness (QED) is 0.155. The Morgan fingerprint density at radius 3 is 2.35 bits per heavy atom. The third kappa shape index (κ3) is 5.94. The normalized spacial score (nSPS) is 36.0. The van der Waals surface area contributed by atoms with Crippen molar-refractivity contribution < 1.29 is 74.2 Å². The molecule has 3 aliphatic heterocycles. The molecule has 11 atom stereocenters. The Kier molecular flexibility index (Phi) is 8.96. The molecule has 2 aromatic rings. The van der Waals surface area contributed by atoms with Crippen molar-refractivity contribution in [2.24, 2.45) is 5.90 Å². The van der Waals surface area contributed by atoms with Crippen molar-refractivity contribution in [2.45, 2.75) is 80.9 Å². The van der Waals surface area contributed by atoms with Gasteiger partial charge in [-0.2, -0.15) is 5.90 Å². The van der Waals surface area contributed by atoms with Gasteiger partial charge in [-0.25, -0.2) is 0 Å². The van der Waals surface area contributed by atoms with Crippen molar-refractivity contribution in [1.29, 1.82) is 0 Å². The number of nitrogens with two attached hydrogens (primary N) is 1. The molecule has 3 aliphatic rings. The predicted octanol–water partition coefficient (Wildman–Crippen LogP) is -1.91. The van der Waals surface area contributed by atoms with Gasteiger partial charge in [0.15, 0.2) is 29.7 Å². The number of phenols is 2. The van der Waals surface area contributed by atoms with E-state index in [1.54, 1.807) is 0 Å². The molecule has 10 N–H and O–H groups in total. The topological polar surface area (TPSA) is 260 Å². The second-order valence-corrected chi connectivity index (χ2v) is 10.5. The van der Waals surface area contributed by atoms with E-state index in [0.29, 0.717) is 5.56 Å². The van der Waals surface area contributed by atoms with Crippen LogP contribution in [0.25, 0.3) is 0 Å². The summed E-state index contributed by atoms with van der Waals surface area (Å²) in [6.45, 7) is 0.687. The maximum absolute atomic E-state index is 13.0. The van der Waals surface area contributed by atoms with Gasteiger partial charge in [0.05, 0.1) is 19.1 Å². The summed E-state index contributed by atoms with van der Waals surface area (Å²) in [7, 11) is 0. The van der Waals surface area contributed by atoms with Crippen molar-refractivity contribution in [3.63, 3.8) is 0 Å². The summed E-state index contributed by atoms with van der Waals surface area (Å²) in [6.07, 6.45) is -16.5. The second-order valence-electron chi connectivity index (χ2n) is 10.5. The number of benzene rings is 2. The number of hydrogen-bond donors (Lipinski definition) is 9. The van der Waals surface area contributed by atoms with Gasteiger partial charge in [-0.1, -0.05) is 6.07 Å². The molecule has 2 fully saturated rings. The van der Waals surface area contributed by atoms with Crippen LogP contribution in [0.2, 0.25) is 0 Å². The minimum atomic E-state index is -1.77. The van der Waals surface area contributed by atoms with E-state index in [9.17, 15) is 45.6 Å². The van der Waals surface area contributed by atoms with E-state index in [2.05, 4.69) is 4.84 Å². The lowest BCUT2D eigenvalue weighted by Gasteiger charge is -2.45. The number of carbonyl (C=O) groups is 1. The summed E-state index contributed by atoms with van der Waals surface area (Å²) < 4.78 is 28.6. The minimum Gasteiger partial charge on any atom is -0.507 e. The molecule has 2 aromatic carbocycles. The van der Waals surface area contributed by atoms with Crippen LogP contribution in [-0.4, -0.2) is 115 Å². The van der Waals surface area contributed by atoms with E-state index in [1.165, 1.54) is 31.2 Å². The lowest BCUT2D eigenvalue weighted by Crippen LogP contribution is -2.64. The number of hydrogen-bond acceptors (Lipinski definition) is 16. The third-order valence-electron chi connectivity index (χ3n) is 7.63. The molecule has 1 unspecified atom stereocenters. The fourth-order valence-electron chi connectivity index (χ4n) is 5.20. The first-order valence-electron chi connectivity index (χ1n) is 13.3. The Labute approximate surface area is 243 Å². The number of Topliss-reactive ketones (excluding diaryl/α,β-unsaturated/α-hetero) is 1. The number of ketones is 1. The van der Waals surface area contributed by atoms with Crippen LogP contribution in [-0.2, 0) is 14.2 Å². The number of aliphatic hydroxyl groups is 6. The Bertz CT molecular complexity index is 1330. The lowest BCUT2D eigenvalue weighted by molar-refractivity contribution is -0.354. The van der Waals surface area contributed by atoms with Crippen molar-refractivity contribution in [1.82, 2.24) is 0 Å². The van der Waals surface area contributed by atoms with E-state index >= 15 is 0 Å². The Hall–Kier alpha value is -3.29. The highest BCUT2D eigenvalue weighted by Crippen LogP contribution is 2.43. The average Bonchev–Trinajstić information content (AvgIpc) is 2.97. The molecule has 0 amide bonds. The zero-order valence-electron chi connectivity index (χ0n) is 22.7. The van der Waals surface area contributed by atoms with Gasteiger partial charge < -0.3 is 69.4 Å². The molecule has 0 aliphatic carbocycles. The number of aromatic hydroxyl groups is 2. The number of ether oxygens (including phenoxy) is 5. The van der Waals surface area contributed by atoms with Crippen LogP contribution >= 0.6 is 0 Å². The maximum Gasteiger partial charge on any atom is 0.229 e. The number of rotatable bonds is 7. The van der Waals surface area contributed by atoms with Crippen LogP contribution in [0.3, 0.4) is 0 Å². The number of carbonyl (C=O) groups excluding carboxylic acids is 1. The summed E-state index contributed by atoms with van der Waals surface area (Å²) in [4.78, 5) is 17.6. The first-order valence-corrected chi connectivity index (χ1v) is 13.3. The molecule has 2 saturated heterocycles. The Morgan fingerprint density at radius 2 is 1.65 bits per heavy atom. The fraction of sp³-hybridized carbons (Fsp3) is 0.519. The first-order chi connectivity index (χ1) is 20.4. The number of aliphatic hydroxyl groups excluding tert-OH is 6. The molecule has 16 nitrogen and oxygen atoms in total. The molecule has 0 spiro atoms. The van der Waals surface area contributed by atoms with E-state index in [1.807, 2.05) is 0 Å². The highest BCUT2D eigenvalue weighted by atomic mass is 16.8. The standard InChI is InChI=1S/C27H33NO15/c1-9-20(33)22(35)24(37)26(38-9)42-25-23(36)21(34)18(8-29)41-27(25)39-11-5-13(31)19-14(32)7-15(40-17(19)6-11)10-2-3-12(30)16(4-10)43-28/h2-6,9,15,18,20-27,29-31,33-37H,7-8,28H2,1H3/t9-,15?,18+,20-,21+,22+,23-,24+,25+,26-,27+/m0/s1. The first kappa shape index (κ1) is 31.1. The lowest BCUT2D eigenvalue weighted by atomic mass is 9.95. The highest BCUT2D eigenvalue weighted by Gasteiger charge is 2.51. The second kappa shape index (κ2) is 12.4. The van der Waals surface area contributed by atoms with Crippen molar-refractivity contribution >= 4 is 5.78 Å². The van der Waals surface area contributed by atoms with E-state index < -0.39 is 85.7 Å². The number of fused-ring (bicyclic) bond motifs is 1. The maximum atomic E-state index is 13.0. The molecule has 5 rings (SSSR count). The number of phenolic OH excluding ortho intramolecular Hbond substituents is 2. The molecule has 0 bridgehead atoms. The molecule has 3 heterocycles. The Balaban J connectivity index is 1.42. The summed E-state index contributed by atoms with van der Waals surface area (Å²) in [5.41, 5.74) is 0.307. The summed E-state index contributed by atoms with van der Waals surface area (Å²) in [6, 6.07) is 6.54. The van der Waals surface area contributed by atoms with Gasteiger partial charge >= 0.3 is 0 Å². The zero-order chi connectivity index (χ0) is 31.2. The molecule has 43 heavy (non-hydrogen) atoms. The zero-order valence-corrected chi connectivity index (χ0v) is 22.7. The molecule has 0 saturated carbocycles. The smallest absolute Gasteiger partial charge is 0.229 e. The van der Waals surface area contributed by atoms with Crippen molar-refractivity contribution in [2.75, 3.05) is 6.61 Å². The van der Waals surface area contributed by atoms with Crippen LogP contribution in [0.4, 0.5) is 0 Å². The van der Waals surface area contributed by atoms with Crippen molar-refractivity contribution in [3.05, 3.63) is 41.5 Å². The van der Waals surface area contributed by atoms with Crippen LogP contribution in [0.15, 0.2) is 30.3 Å². The summed E-state index contributed by atoms with van der Waals surface area (Å²) >= 11 is 0. The van der Waals surface area contributed by atoms with Crippen molar-refractivity contribution in [3.8, 4) is 28.7 Å². The molecular weight excluding hydrogens is 578 g/mol. The van der Waals surface area contributed by atoms with Crippen LogP contribution in [0.1, 0.15) is 35.4 Å². The average molecular weight is 612 g/mol. The van der Waals surface area contributed by atoms with E-state index in [-0.39, 0.29) is 35.0 Å². The van der Waals surface area contributed by atoms with Crippen LogP contribution in [0, 0.1) is 0 Å². The third-order valence-corrected chi connectivity index (χ3v) is 7.63. The van der Waals surface area contributed by atoms with Gasteiger partial charge in [0.2, 0.25) is 6.29 Å². The SMILES string of the molecule is C[C@@H]1O[C@@H](O[C@H]2[C@H](Oc3cc(O)c4c(c3)OC(c3ccc(O)c(ON)c3)CC4=O)O[C@H](CO)[C@@H](O)[C@@H]2O)[C@H](O)[C@H](O)[C@H]1O. The fourth-order valence-corrected chi connectivity index (χ4v) is 5.20. The molecular formula is C27H33NO15. The van der Waals surface area contributed by atoms with Gasteiger partial charge in [-0.15, -0.1) is 0 Å². The van der Waals surface area contributed by atoms with E-state index in [4.69, 9.17) is 29.6 Å². The van der Waals surface area contributed by atoms with Crippen LogP contribution < -0.4 is 20.2 Å². The van der Waals surface area contributed by atoms with E-state index in [0.717, 1.165) is 6.07 Å². The molecule has 0 aromatic heterocycles. The highest BCUT2D eigenvalue weighted by molar-refractivity contribution is 6.02. The monoisotopic (exact) mass is 611 g/mol. The van der Waals surface area contributed by atoms with Gasteiger partial charge in [-0.3, -0.25) is 4.79 Å². The summed E-state index contributed by atoms with van der Waals surface area (Å²) in [5.74, 6) is 3.71. The molecule has 0 radical (unpaired) electrons. The molecule has 16 heteroatoms. The summed E-state index contributed by atoms with van der Waals surface area (Å²) in [5, 5.41) is 82.1. The minimum absolute atomic E-state index is 0.0533. The van der Waals surface area contributed by atoms with Gasteiger partial charge in [0.25, 0.3) is 0 Å². The van der Waals surface area contributed by atoms with Gasteiger partial charge in [-0.05, 0) is 24.6 Å². The Morgan fingerprint density at radius 1 is 0.907 bits per heavy atom. The van der Waals surface area contributed by atoms with Crippen LogP contribution in [0.5, 0.6) is 28.7 Å². The molecule has 236 valence electrons.